The van der Waals surface area contributed by atoms with Crippen LogP contribution in [0.5, 0.6) is 0 Å². The molecule has 6 heteroatoms. The van der Waals surface area contributed by atoms with Crippen LogP contribution in [0.15, 0.2) is 29.3 Å². The highest BCUT2D eigenvalue weighted by molar-refractivity contribution is 7.12. The maximum Gasteiger partial charge on any atom is 0.251 e. The van der Waals surface area contributed by atoms with Crippen LogP contribution >= 0.6 is 11.3 Å². The van der Waals surface area contributed by atoms with Crippen LogP contribution in [0.25, 0.3) is 22.6 Å². The van der Waals surface area contributed by atoms with Gasteiger partial charge in [0, 0.05) is 40.2 Å². The lowest BCUT2D eigenvalue weighted by molar-refractivity contribution is 0.768. The van der Waals surface area contributed by atoms with E-state index in [2.05, 4.69) is 15.1 Å². The van der Waals surface area contributed by atoms with Crippen LogP contribution in [0.1, 0.15) is 9.75 Å². The molecule has 0 atom stereocenters. The third-order valence-corrected chi connectivity index (χ3v) is 4.00. The summed E-state index contributed by atoms with van der Waals surface area (Å²) in [5.41, 5.74) is 2.30. The number of aromatic amines is 1. The van der Waals surface area contributed by atoms with Gasteiger partial charge in [0.1, 0.15) is 5.82 Å². The number of thiophene rings is 1. The average Bonchev–Trinajstić information content (AvgIpc) is 2.94. The molecule has 3 aromatic heterocycles. The second-order valence-electron chi connectivity index (χ2n) is 4.71. The van der Waals surface area contributed by atoms with Crippen molar-refractivity contribution in [3.8, 4) is 22.6 Å². The standard InChI is InChI=1S/C14H14N4OS/c1-8-4-11(9(2)20-8)14-16-12(5-13(19)17-14)10-6-15-18(3)7-10/h4-7H,1-3H3,(H,16,17,19). The largest absolute Gasteiger partial charge is 0.306 e. The number of nitrogens with zero attached hydrogens (tertiary/aromatic N) is 3. The summed E-state index contributed by atoms with van der Waals surface area (Å²) < 4.78 is 1.69. The summed E-state index contributed by atoms with van der Waals surface area (Å²) in [6.07, 6.45) is 3.55. The van der Waals surface area contributed by atoms with Gasteiger partial charge in [0.25, 0.3) is 5.56 Å². The molecule has 0 bridgehead atoms. The summed E-state index contributed by atoms with van der Waals surface area (Å²) in [5, 5.41) is 4.11. The minimum Gasteiger partial charge on any atom is -0.306 e. The van der Waals surface area contributed by atoms with Crippen molar-refractivity contribution in [2.24, 2.45) is 7.05 Å². The van der Waals surface area contributed by atoms with E-state index in [1.807, 2.05) is 33.2 Å². The zero-order valence-corrected chi connectivity index (χ0v) is 12.3. The van der Waals surface area contributed by atoms with E-state index in [1.54, 1.807) is 22.2 Å². The zero-order valence-electron chi connectivity index (χ0n) is 11.5. The molecule has 0 amide bonds. The van der Waals surface area contributed by atoms with E-state index in [0.29, 0.717) is 11.5 Å². The van der Waals surface area contributed by atoms with E-state index >= 15 is 0 Å². The molecule has 0 saturated heterocycles. The molecule has 3 heterocycles. The molecule has 20 heavy (non-hydrogen) atoms. The normalized spacial score (nSPS) is 10.9. The first-order chi connectivity index (χ1) is 9.52. The molecule has 0 aliphatic rings. The number of aryl methyl sites for hydroxylation is 3. The van der Waals surface area contributed by atoms with Crippen LogP contribution in [0.3, 0.4) is 0 Å². The van der Waals surface area contributed by atoms with Gasteiger partial charge in [-0.15, -0.1) is 11.3 Å². The van der Waals surface area contributed by atoms with Crippen molar-refractivity contribution in [3.05, 3.63) is 44.6 Å². The highest BCUT2D eigenvalue weighted by Crippen LogP contribution is 2.28. The highest BCUT2D eigenvalue weighted by Gasteiger charge is 2.11. The van der Waals surface area contributed by atoms with Gasteiger partial charge in [-0.2, -0.15) is 5.10 Å². The molecule has 3 rings (SSSR count). The van der Waals surface area contributed by atoms with Crippen molar-refractivity contribution in [1.29, 1.82) is 0 Å². The van der Waals surface area contributed by atoms with Crippen LogP contribution in [-0.4, -0.2) is 19.7 Å². The third kappa shape index (κ3) is 2.30. The SMILES string of the molecule is Cc1cc(-c2nc(-c3cnn(C)c3)cc(=O)[nH]2)c(C)s1. The fourth-order valence-electron chi connectivity index (χ4n) is 2.15. The number of aromatic nitrogens is 4. The molecule has 0 spiro atoms. The minimum atomic E-state index is -0.155. The van der Waals surface area contributed by atoms with Gasteiger partial charge < -0.3 is 4.98 Å². The molecule has 1 N–H and O–H groups in total. The molecule has 3 aromatic rings. The Labute approximate surface area is 119 Å². The van der Waals surface area contributed by atoms with Gasteiger partial charge in [-0.05, 0) is 19.9 Å². The van der Waals surface area contributed by atoms with Crippen molar-refractivity contribution in [2.75, 3.05) is 0 Å². The Balaban J connectivity index is 2.16. The Morgan fingerprint density at radius 1 is 1.30 bits per heavy atom. The van der Waals surface area contributed by atoms with Gasteiger partial charge >= 0.3 is 0 Å². The first-order valence-electron chi connectivity index (χ1n) is 6.21. The van der Waals surface area contributed by atoms with Gasteiger partial charge in [-0.25, -0.2) is 4.98 Å². The summed E-state index contributed by atoms with van der Waals surface area (Å²) in [6.45, 7) is 4.08. The number of rotatable bonds is 2. The Kier molecular flexibility index (Phi) is 3.02. The van der Waals surface area contributed by atoms with E-state index in [-0.39, 0.29) is 5.56 Å². The van der Waals surface area contributed by atoms with Crippen molar-refractivity contribution in [3.63, 3.8) is 0 Å². The van der Waals surface area contributed by atoms with E-state index in [9.17, 15) is 4.79 Å². The molecule has 0 fully saturated rings. The number of H-pyrrole nitrogens is 1. The van der Waals surface area contributed by atoms with Gasteiger partial charge in [0.15, 0.2) is 0 Å². The maximum atomic E-state index is 11.9. The fraction of sp³-hybridized carbons (Fsp3) is 0.214. The van der Waals surface area contributed by atoms with Crippen LogP contribution in [0.2, 0.25) is 0 Å². The maximum absolute atomic E-state index is 11.9. The van der Waals surface area contributed by atoms with E-state index in [4.69, 9.17) is 0 Å². The first kappa shape index (κ1) is 12.8. The van der Waals surface area contributed by atoms with E-state index < -0.39 is 0 Å². The summed E-state index contributed by atoms with van der Waals surface area (Å²) >= 11 is 1.70. The lowest BCUT2D eigenvalue weighted by atomic mass is 10.2. The molecular formula is C14H14N4OS. The predicted molar refractivity (Wildman–Crippen MR) is 79.8 cm³/mol. The second kappa shape index (κ2) is 4.72. The fourth-order valence-corrected chi connectivity index (χ4v) is 3.08. The van der Waals surface area contributed by atoms with Crippen molar-refractivity contribution in [2.45, 2.75) is 13.8 Å². The quantitative estimate of drug-likeness (QED) is 0.787. The Morgan fingerprint density at radius 3 is 2.70 bits per heavy atom. The van der Waals surface area contributed by atoms with E-state index in [1.165, 1.54) is 10.9 Å². The molecule has 0 aliphatic carbocycles. The summed E-state index contributed by atoms with van der Waals surface area (Å²) in [7, 11) is 1.84. The van der Waals surface area contributed by atoms with Crippen molar-refractivity contribution < 1.29 is 0 Å². The Morgan fingerprint density at radius 2 is 2.10 bits per heavy atom. The smallest absolute Gasteiger partial charge is 0.251 e. The van der Waals surface area contributed by atoms with Gasteiger partial charge in [0.2, 0.25) is 0 Å². The van der Waals surface area contributed by atoms with Gasteiger partial charge in [-0.1, -0.05) is 0 Å². The lowest BCUT2D eigenvalue weighted by Crippen LogP contribution is -2.08. The highest BCUT2D eigenvalue weighted by atomic mass is 32.1. The number of nitrogens with one attached hydrogen (secondary N) is 1. The zero-order chi connectivity index (χ0) is 14.3. The molecule has 102 valence electrons. The second-order valence-corrected chi connectivity index (χ2v) is 6.17. The average molecular weight is 286 g/mol. The summed E-state index contributed by atoms with van der Waals surface area (Å²) in [6, 6.07) is 3.54. The Bertz CT molecular complexity index is 828. The molecule has 0 aromatic carbocycles. The number of hydrogen-bond donors (Lipinski definition) is 1. The lowest BCUT2D eigenvalue weighted by Gasteiger charge is -2.02. The molecule has 0 radical (unpaired) electrons. The van der Waals surface area contributed by atoms with Gasteiger partial charge in [-0.3, -0.25) is 9.48 Å². The van der Waals surface area contributed by atoms with Crippen molar-refractivity contribution in [1.82, 2.24) is 19.7 Å². The number of hydrogen-bond acceptors (Lipinski definition) is 4. The summed E-state index contributed by atoms with van der Waals surface area (Å²) in [4.78, 5) is 21.6. The molecule has 5 nitrogen and oxygen atoms in total. The molecule has 0 unspecified atom stereocenters. The topological polar surface area (TPSA) is 63.6 Å². The summed E-state index contributed by atoms with van der Waals surface area (Å²) in [5.74, 6) is 0.609. The predicted octanol–water partition coefficient (Wildman–Crippen LogP) is 2.52. The third-order valence-electron chi connectivity index (χ3n) is 3.04. The van der Waals surface area contributed by atoms with Crippen LogP contribution < -0.4 is 5.56 Å². The molecule has 0 aliphatic heterocycles. The van der Waals surface area contributed by atoms with Crippen LogP contribution in [0.4, 0.5) is 0 Å². The first-order valence-corrected chi connectivity index (χ1v) is 7.02. The van der Waals surface area contributed by atoms with Crippen LogP contribution in [0, 0.1) is 13.8 Å². The monoisotopic (exact) mass is 286 g/mol. The minimum absolute atomic E-state index is 0.155. The van der Waals surface area contributed by atoms with E-state index in [0.717, 1.165) is 16.0 Å². The van der Waals surface area contributed by atoms with Crippen LogP contribution in [-0.2, 0) is 7.05 Å². The Hall–Kier alpha value is -2.21. The van der Waals surface area contributed by atoms with Gasteiger partial charge in [0.05, 0.1) is 11.9 Å². The molecular weight excluding hydrogens is 272 g/mol. The molecule has 0 saturated carbocycles. The van der Waals surface area contributed by atoms with Crippen molar-refractivity contribution >= 4 is 11.3 Å².